The van der Waals surface area contributed by atoms with E-state index in [0.717, 1.165) is 61.3 Å². The number of pyridine rings is 1. The van der Waals surface area contributed by atoms with Gasteiger partial charge >= 0.3 is 0 Å². The minimum absolute atomic E-state index is 0.764. The molecule has 0 aliphatic heterocycles. The SMILES string of the molecule is CCCNCc1cc(N(CCC)CC2CC2)ncc1Cl. The topological polar surface area (TPSA) is 28.2 Å². The molecule has 2 rings (SSSR count). The van der Waals surface area contributed by atoms with Gasteiger partial charge < -0.3 is 10.2 Å². The van der Waals surface area contributed by atoms with E-state index in [0.29, 0.717) is 0 Å². The Morgan fingerprint density at radius 2 is 2.15 bits per heavy atom. The zero-order valence-corrected chi connectivity index (χ0v) is 13.4. The standard InChI is InChI=1S/C16H26ClN3/c1-3-7-18-10-14-9-16(19-11-15(14)17)20(8-4-2)12-13-5-6-13/h9,11,13,18H,3-8,10,12H2,1-2H3. The molecule has 0 unspecified atom stereocenters. The van der Waals surface area contributed by atoms with Crippen molar-refractivity contribution in [3.8, 4) is 0 Å². The molecule has 1 N–H and O–H groups in total. The molecule has 112 valence electrons. The second-order valence-electron chi connectivity index (χ2n) is 5.70. The van der Waals surface area contributed by atoms with Crippen LogP contribution in [0.3, 0.4) is 0 Å². The van der Waals surface area contributed by atoms with Crippen molar-refractivity contribution in [1.82, 2.24) is 10.3 Å². The van der Waals surface area contributed by atoms with Gasteiger partial charge in [0, 0.05) is 25.8 Å². The lowest BCUT2D eigenvalue weighted by atomic mass is 10.2. The molecule has 1 aromatic rings. The molecule has 0 aromatic carbocycles. The van der Waals surface area contributed by atoms with Gasteiger partial charge in [0.1, 0.15) is 5.82 Å². The van der Waals surface area contributed by atoms with Crippen LogP contribution in [0.4, 0.5) is 5.82 Å². The summed E-state index contributed by atoms with van der Waals surface area (Å²) in [6, 6.07) is 2.16. The Labute approximate surface area is 127 Å². The summed E-state index contributed by atoms with van der Waals surface area (Å²) < 4.78 is 0. The first kappa shape index (κ1) is 15.6. The molecule has 20 heavy (non-hydrogen) atoms. The zero-order chi connectivity index (χ0) is 14.4. The summed E-state index contributed by atoms with van der Waals surface area (Å²) in [5.74, 6) is 1.96. The van der Waals surface area contributed by atoms with E-state index in [1.807, 2.05) is 0 Å². The normalized spacial score (nSPS) is 14.6. The second kappa shape index (κ2) is 7.84. The third-order valence-electron chi connectivity index (χ3n) is 3.66. The highest BCUT2D eigenvalue weighted by atomic mass is 35.5. The van der Waals surface area contributed by atoms with Crippen molar-refractivity contribution >= 4 is 17.4 Å². The number of nitrogens with one attached hydrogen (secondary N) is 1. The average molecular weight is 296 g/mol. The van der Waals surface area contributed by atoms with Crippen LogP contribution in [0, 0.1) is 5.92 Å². The molecule has 1 saturated carbocycles. The molecule has 0 bridgehead atoms. The summed E-state index contributed by atoms with van der Waals surface area (Å²) in [5.41, 5.74) is 1.15. The van der Waals surface area contributed by atoms with Crippen LogP contribution in [0.2, 0.25) is 5.02 Å². The van der Waals surface area contributed by atoms with Gasteiger partial charge in [-0.15, -0.1) is 0 Å². The lowest BCUT2D eigenvalue weighted by molar-refractivity contribution is 0.671. The van der Waals surface area contributed by atoms with Gasteiger partial charge in [0.25, 0.3) is 0 Å². The van der Waals surface area contributed by atoms with Crippen LogP contribution in [0.1, 0.15) is 45.1 Å². The number of hydrogen-bond donors (Lipinski definition) is 1. The van der Waals surface area contributed by atoms with Gasteiger partial charge in [-0.2, -0.15) is 0 Å². The van der Waals surface area contributed by atoms with Gasteiger partial charge in [-0.3, -0.25) is 0 Å². The number of halogens is 1. The first-order chi connectivity index (χ1) is 9.74. The Balaban J connectivity index is 2.05. The van der Waals surface area contributed by atoms with Gasteiger partial charge in [-0.1, -0.05) is 25.4 Å². The lowest BCUT2D eigenvalue weighted by Gasteiger charge is -2.24. The highest BCUT2D eigenvalue weighted by molar-refractivity contribution is 6.31. The maximum absolute atomic E-state index is 6.25. The Hall–Kier alpha value is -0.800. The summed E-state index contributed by atoms with van der Waals surface area (Å²) in [7, 11) is 0. The van der Waals surface area contributed by atoms with Crippen LogP contribution in [0.25, 0.3) is 0 Å². The van der Waals surface area contributed by atoms with E-state index in [1.54, 1.807) is 6.20 Å². The van der Waals surface area contributed by atoms with Crippen LogP contribution < -0.4 is 10.2 Å². The van der Waals surface area contributed by atoms with Gasteiger partial charge in [-0.25, -0.2) is 4.98 Å². The van der Waals surface area contributed by atoms with Crippen molar-refractivity contribution < 1.29 is 0 Å². The molecule has 0 radical (unpaired) electrons. The first-order valence-electron chi connectivity index (χ1n) is 7.84. The summed E-state index contributed by atoms with van der Waals surface area (Å²) >= 11 is 6.25. The quantitative estimate of drug-likeness (QED) is 0.701. The van der Waals surface area contributed by atoms with Gasteiger partial charge in [0.15, 0.2) is 0 Å². The second-order valence-corrected chi connectivity index (χ2v) is 6.11. The number of rotatable bonds is 9. The third kappa shape index (κ3) is 4.64. The zero-order valence-electron chi connectivity index (χ0n) is 12.7. The maximum Gasteiger partial charge on any atom is 0.128 e. The average Bonchev–Trinajstić information content (AvgIpc) is 3.25. The fourth-order valence-corrected chi connectivity index (χ4v) is 2.53. The maximum atomic E-state index is 6.25. The molecular weight excluding hydrogens is 270 g/mol. The fourth-order valence-electron chi connectivity index (χ4n) is 2.36. The van der Waals surface area contributed by atoms with Crippen molar-refractivity contribution in [2.75, 3.05) is 24.5 Å². The molecule has 0 spiro atoms. The van der Waals surface area contributed by atoms with Crippen LogP contribution in [-0.4, -0.2) is 24.6 Å². The van der Waals surface area contributed by atoms with Gasteiger partial charge in [0.05, 0.1) is 5.02 Å². The molecule has 1 aliphatic rings. The van der Waals surface area contributed by atoms with Crippen molar-refractivity contribution in [3.63, 3.8) is 0 Å². The summed E-state index contributed by atoms with van der Waals surface area (Å²) in [5, 5.41) is 4.18. The Bertz CT molecular complexity index is 418. The van der Waals surface area contributed by atoms with E-state index in [1.165, 1.54) is 12.8 Å². The van der Waals surface area contributed by atoms with E-state index in [4.69, 9.17) is 11.6 Å². The lowest BCUT2D eigenvalue weighted by Crippen LogP contribution is -2.27. The number of nitrogens with zero attached hydrogens (tertiary/aromatic N) is 2. The summed E-state index contributed by atoms with van der Waals surface area (Å²) in [6.07, 6.45) is 6.84. The third-order valence-corrected chi connectivity index (χ3v) is 4.00. The van der Waals surface area contributed by atoms with Gasteiger partial charge in [-0.05, 0) is 49.8 Å². The number of anilines is 1. The van der Waals surface area contributed by atoms with Crippen LogP contribution in [0.5, 0.6) is 0 Å². The molecule has 0 amide bonds. The van der Waals surface area contributed by atoms with Crippen molar-refractivity contribution in [3.05, 3.63) is 22.8 Å². The fraction of sp³-hybridized carbons (Fsp3) is 0.688. The molecule has 1 aromatic heterocycles. The molecule has 3 nitrogen and oxygen atoms in total. The Kier molecular flexibility index (Phi) is 6.11. The van der Waals surface area contributed by atoms with E-state index in [9.17, 15) is 0 Å². The van der Waals surface area contributed by atoms with Crippen molar-refractivity contribution in [1.29, 1.82) is 0 Å². The Morgan fingerprint density at radius 3 is 2.80 bits per heavy atom. The van der Waals surface area contributed by atoms with Crippen molar-refractivity contribution in [2.24, 2.45) is 5.92 Å². The molecule has 4 heteroatoms. The monoisotopic (exact) mass is 295 g/mol. The van der Waals surface area contributed by atoms with Crippen LogP contribution in [0.15, 0.2) is 12.3 Å². The van der Waals surface area contributed by atoms with E-state index >= 15 is 0 Å². The molecular formula is C16H26ClN3. The molecule has 0 atom stereocenters. The highest BCUT2D eigenvalue weighted by Gasteiger charge is 2.24. The molecule has 1 aliphatic carbocycles. The van der Waals surface area contributed by atoms with E-state index in [-0.39, 0.29) is 0 Å². The highest BCUT2D eigenvalue weighted by Crippen LogP contribution is 2.31. The van der Waals surface area contributed by atoms with Crippen molar-refractivity contribution in [2.45, 2.75) is 46.1 Å². The smallest absolute Gasteiger partial charge is 0.128 e. The van der Waals surface area contributed by atoms with E-state index in [2.05, 4.69) is 35.1 Å². The van der Waals surface area contributed by atoms with E-state index < -0.39 is 0 Å². The first-order valence-corrected chi connectivity index (χ1v) is 8.22. The number of hydrogen-bond acceptors (Lipinski definition) is 3. The molecule has 1 heterocycles. The minimum atomic E-state index is 0.764. The number of aromatic nitrogens is 1. The Morgan fingerprint density at radius 1 is 1.35 bits per heavy atom. The van der Waals surface area contributed by atoms with Crippen LogP contribution in [-0.2, 0) is 6.54 Å². The summed E-state index contributed by atoms with van der Waals surface area (Å²) in [4.78, 5) is 6.95. The molecule has 1 fully saturated rings. The predicted octanol–water partition coefficient (Wildman–Crippen LogP) is 3.86. The molecule has 0 saturated heterocycles. The largest absolute Gasteiger partial charge is 0.356 e. The van der Waals surface area contributed by atoms with Gasteiger partial charge in [0.2, 0.25) is 0 Å². The minimum Gasteiger partial charge on any atom is -0.356 e. The predicted molar refractivity (Wildman–Crippen MR) is 86.5 cm³/mol. The van der Waals surface area contributed by atoms with Crippen LogP contribution >= 0.6 is 11.6 Å². The summed E-state index contributed by atoms with van der Waals surface area (Å²) in [6.45, 7) is 8.46.